The maximum Gasteiger partial charge on any atom is 0.274 e. The van der Waals surface area contributed by atoms with Crippen LogP contribution in [0.5, 0.6) is 5.75 Å². The molecule has 0 atom stereocenters. The molecule has 5 aromatic rings. The highest BCUT2D eigenvalue weighted by Crippen LogP contribution is 2.25. The molecule has 8 heteroatoms. The third-order valence-corrected chi connectivity index (χ3v) is 5.48. The van der Waals surface area contributed by atoms with Crippen molar-refractivity contribution >= 4 is 28.3 Å². The summed E-state index contributed by atoms with van der Waals surface area (Å²) in [6, 6.07) is 20.7. The molecule has 5 N–H and O–H groups in total. The molecular formula is C25H22N6O2. The fourth-order valence-electron chi connectivity index (χ4n) is 3.75. The number of aromatic nitrogens is 4. The summed E-state index contributed by atoms with van der Waals surface area (Å²) >= 11 is 0. The molecule has 8 nitrogen and oxygen atoms in total. The Morgan fingerprint density at radius 3 is 2.67 bits per heavy atom. The van der Waals surface area contributed by atoms with E-state index in [0.717, 1.165) is 33.4 Å². The molecule has 0 aliphatic carbocycles. The van der Waals surface area contributed by atoms with E-state index in [4.69, 9.17) is 0 Å². The third-order valence-electron chi connectivity index (χ3n) is 5.48. The zero-order valence-corrected chi connectivity index (χ0v) is 17.7. The van der Waals surface area contributed by atoms with Gasteiger partial charge in [-0.05, 0) is 41.5 Å². The topological polar surface area (TPSA) is 119 Å². The van der Waals surface area contributed by atoms with E-state index in [-0.39, 0.29) is 11.7 Å². The lowest BCUT2D eigenvalue weighted by Crippen LogP contribution is -2.15. The number of anilines is 2. The normalized spacial score (nSPS) is 10.9. The minimum absolute atomic E-state index is 0.273. The van der Waals surface area contributed by atoms with Crippen molar-refractivity contribution in [1.82, 2.24) is 20.2 Å². The van der Waals surface area contributed by atoms with Gasteiger partial charge < -0.3 is 20.7 Å². The van der Waals surface area contributed by atoms with Crippen LogP contribution >= 0.6 is 0 Å². The van der Waals surface area contributed by atoms with Gasteiger partial charge in [0.1, 0.15) is 11.4 Å². The number of fused-ring (bicyclic) bond motifs is 1. The number of aromatic hydroxyl groups is 1. The van der Waals surface area contributed by atoms with Crippen LogP contribution in [-0.4, -0.2) is 31.2 Å². The molecule has 2 heterocycles. The average molecular weight is 438 g/mol. The molecule has 1 amide bonds. The van der Waals surface area contributed by atoms with Crippen molar-refractivity contribution in [3.63, 3.8) is 0 Å². The molecule has 0 saturated carbocycles. The minimum Gasteiger partial charge on any atom is -0.508 e. The lowest BCUT2D eigenvalue weighted by Gasteiger charge is -2.13. The molecule has 0 aliphatic heterocycles. The predicted molar refractivity (Wildman–Crippen MR) is 127 cm³/mol. The van der Waals surface area contributed by atoms with Crippen molar-refractivity contribution in [3.05, 3.63) is 102 Å². The van der Waals surface area contributed by atoms with Crippen molar-refractivity contribution in [2.75, 3.05) is 10.6 Å². The standard InChI is InChI=1S/C25H22N6O2/c32-23-8-4-2-6-17(23)11-16-5-1-3-7-20(16)26-13-18-14-29-31-24(18)25(33)30-19-9-10-21-22(12-19)28-15-27-21/h1-10,12,14-15,26,32H,11,13H2,(H,27,28)(H,29,31)(H,30,33). The summed E-state index contributed by atoms with van der Waals surface area (Å²) in [4.78, 5) is 20.1. The first-order chi connectivity index (χ1) is 16.2. The van der Waals surface area contributed by atoms with Gasteiger partial charge in [0, 0.05) is 29.9 Å². The largest absolute Gasteiger partial charge is 0.508 e. The number of imidazole rings is 1. The van der Waals surface area contributed by atoms with Crippen molar-refractivity contribution in [2.45, 2.75) is 13.0 Å². The molecule has 5 rings (SSSR count). The van der Waals surface area contributed by atoms with Gasteiger partial charge >= 0.3 is 0 Å². The molecular weight excluding hydrogens is 416 g/mol. The molecule has 0 radical (unpaired) electrons. The van der Waals surface area contributed by atoms with Crippen molar-refractivity contribution in [1.29, 1.82) is 0 Å². The van der Waals surface area contributed by atoms with Crippen LogP contribution in [0.2, 0.25) is 0 Å². The first kappa shape index (κ1) is 20.3. The molecule has 0 fully saturated rings. The number of phenols is 1. The van der Waals surface area contributed by atoms with E-state index in [1.165, 1.54) is 0 Å². The Hall–Kier alpha value is -4.59. The number of hydrogen-bond acceptors (Lipinski definition) is 5. The predicted octanol–water partition coefficient (Wildman–Crippen LogP) is 4.45. The van der Waals surface area contributed by atoms with Crippen LogP contribution in [0.3, 0.4) is 0 Å². The summed E-state index contributed by atoms with van der Waals surface area (Å²) in [7, 11) is 0. The monoisotopic (exact) mass is 438 g/mol. The fraction of sp³-hybridized carbons (Fsp3) is 0.0800. The number of phenolic OH excluding ortho intramolecular Hbond substituents is 1. The SMILES string of the molecule is O=C(Nc1ccc2nc[nH]c2c1)c1[nH]ncc1CNc1ccccc1Cc1ccccc1O. The molecule has 0 unspecified atom stereocenters. The minimum atomic E-state index is -0.273. The number of rotatable bonds is 7. The number of aromatic amines is 2. The molecule has 3 aromatic carbocycles. The number of para-hydroxylation sites is 2. The van der Waals surface area contributed by atoms with Gasteiger partial charge in [0.05, 0.1) is 23.6 Å². The number of H-pyrrole nitrogens is 2. The van der Waals surface area contributed by atoms with Crippen LogP contribution in [0, 0.1) is 0 Å². The Morgan fingerprint density at radius 1 is 0.970 bits per heavy atom. The first-order valence-corrected chi connectivity index (χ1v) is 10.5. The van der Waals surface area contributed by atoms with E-state index in [1.807, 2.05) is 60.7 Å². The number of carbonyl (C=O) groups excluding carboxylic acids is 1. The number of nitrogens with one attached hydrogen (secondary N) is 4. The third kappa shape index (κ3) is 4.40. The molecule has 0 spiro atoms. The maximum absolute atomic E-state index is 12.9. The van der Waals surface area contributed by atoms with Crippen LogP contribution in [0.1, 0.15) is 27.2 Å². The van der Waals surface area contributed by atoms with Gasteiger partial charge in [-0.15, -0.1) is 0 Å². The Kier molecular flexibility index (Phi) is 5.47. The Morgan fingerprint density at radius 2 is 1.79 bits per heavy atom. The Bertz CT molecular complexity index is 1420. The van der Waals surface area contributed by atoms with Crippen LogP contribution in [0.4, 0.5) is 11.4 Å². The number of nitrogens with zero attached hydrogens (tertiary/aromatic N) is 2. The molecule has 33 heavy (non-hydrogen) atoms. The van der Waals surface area contributed by atoms with Crippen LogP contribution in [0.15, 0.2) is 79.3 Å². The van der Waals surface area contributed by atoms with Gasteiger partial charge in [-0.1, -0.05) is 36.4 Å². The highest BCUT2D eigenvalue weighted by molar-refractivity contribution is 6.04. The summed E-state index contributed by atoms with van der Waals surface area (Å²) in [6.07, 6.45) is 3.85. The second kappa shape index (κ2) is 8.88. The summed E-state index contributed by atoms with van der Waals surface area (Å²) < 4.78 is 0. The van der Waals surface area contributed by atoms with Crippen LogP contribution in [-0.2, 0) is 13.0 Å². The average Bonchev–Trinajstić information content (AvgIpc) is 3.49. The van der Waals surface area contributed by atoms with Gasteiger partial charge in [-0.3, -0.25) is 9.89 Å². The zero-order valence-electron chi connectivity index (χ0n) is 17.7. The van der Waals surface area contributed by atoms with E-state index >= 15 is 0 Å². The number of hydrogen-bond donors (Lipinski definition) is 5. The molecule has 0 aliphatic rings. The molecule has 0 saturated heterocycles. The lowest BCUT2D eigenvalue weighted by molar-refractivity contribution is 0.102. The summed E-state index contributed by atoms with van der Waals surface area (Å²) in [5, 5.41) is 23.3. The second-order valence-corrected chi connectivity index (χ2v) is 7.68. The molecule has 2 aromatic heterocycles. The van der Waals surface area contributed by atoms with Gasteiger partial charge in [-0.25, -0.2) is 4.98 Å². The lowest BCUT2D eigenvalue weighted by atomic mass is 10.0. The summed E-state index contributed by atoms with van der Waals surface area (Å²) in [5.41, 5.74) is 6.31. The van der Waals surface area contributed by atoms with Crippen LogP contribution in [0.25, 0.3) is 11.0 Å². The Balaban J connectivity index is 1.29. The van der Waals surface area contributed by atoms with Crippen molar-refractivity contribution < 1.29 is 9.90 Å². The second-order valence-electron chi connectivity index (χ2n) is 7.68. The van der Waals surface area contributed by atoms with Crippen LogP contribution < -0.4 is 10.6 Å². The highest BCUT2D eigenvalue weighted by atomic mass is 16.3. The highest BCUT2D eigenvalue weighted by Gasteiger charge is 2.15. The van der Waals surface area contributed by atoms with E-state index in [9.17, 15) is 9.90 Å². The van der Waals surface area contributed by atoms with E-state index in [1.54, 1.807) is 18.6 Å². The number of amides is 1. The van der Waals surface area contributed by atoms with E-state index in [0.29, 0.717) is 24.3 Å². The van der Waals surface area contributed by atoms with E-state index < -0.39 is 0 Å². The van der Waals surface area contributed by atoms with Gasteiger partial charge in [0.2, 0.25) is 0 Å². The van der Waals surface area contributed by atoms with Crippen molar-refractivity contribution in [3.8, 4) is 5.75 Å². The summed E-state index contributed by atoms with van der Waals surface area (Å²) in [5.74, 6) is 0.0000655. The smallest absolute Gasteiger partial charge is 0.274 e. The molecule has 164 valence electrons. The van der Waals surface area contributed by atoms with Crippen molar-refractivity contribution in [2.24, 2.45) is 0 Å². The first-order valence-electron chi connectivity index (χ1n) is 10.5. The van der Waals surface area contributed by atoms with Gasteiger partial charge in [0.25, 0.3) is 5.91 Å². The maximum atomic E-state index is 12.9. The van der Waals surface area contributed by atoms with Gasteiger partial charge in [-0.2, -0.15) is 5.10 Å². The fourth-order valence-corrected chi connectivity index (χ4v) is 3.75. The Labute approximate surface area is 189 Å². The van der Waals surface area contributed by atoms with E-state index in [2.05, 4.69) is 30.8 Å². The number of benzene rings is 3. The zero-order chi connectivity index (χ0) is 22.6. The summed E-state index contributed by atoms with van der Waals surface area (Å²) in [6.45, 7) is 0.413. The van der Waals surface area contributed by atoms with Gasteiger partial charge in [0.15, 0.2) is 0 Å². The quantitative estimate of drug-likeness (QED) is 0.257. The number of carbonyl (C=O) groups is 1. The molecule has 0 bridgehead atoms.